The average Bonchev–Trinajstić information content (AvgIpc) is 2.62. The first-order valence-corrected chi connectivity index (χ1v) is 9.08. The van der Waals surface area contributed by atoms with Gasteiger partial charge in [-0.05, 0) is 37.3 Å². The molecule has 0 aliphatic carbocycles. The van der Waals surface area contributed by atoms with Gasteiger partial charge in [-0.3, -0.25) is 0 Å². The Balaban J connectivity index is 2.10. The summed E-state index contributed by atoms with van der Waals surface area (Å²) in [5.74, 6) is 0.962. The number of ether oxygens (including phenoxy) is 2. The summed E-state index contributed by atoms with van der Waals surface area (Å²) in [6.07, 6.45) is 1.57. The Morgan fingerprint density at radius 1 is 0.960 bits per heavy atom. The molecule has 25 heavy (non-hydrogen) atoms. The fraction of sp³-hybridized carbons (Fsp3) is 0.105. The summed E-state index contributed by atoms with van der Waals surface area (Å²) >= 11 is 0. The van der Waals surface area contributed by atoms with Crippen molar-refractivity contribution < 1.29 is 17.9 Å². The van der Waals surface area contributed by atoms with Crippen LogP contribution in [0.5, 0.6) is 17.4 Å². The summed E-state index contributed by atoms with van der Waals surface area (Å²) in [4.78, 5) is 4.34. The zero-order valence-corrected chi connectivity index (χ0v) is 14.7. The van der Waals surface area contributed by atoms with Crippen molar-refractivity contribution in [2.24, 2.45) is 0 Å². The molecule has 3 rings (SSSR count). The minimum absolute atomic E-state index is 0.0582. The van der Waals surface area contributed by atoms with E-state index in [-0.39, 0.29) is 15.5 Å². The molecule has 0 aliphatic rings. The van der Waals surface area contributed by atoms with Crippen LogP contribution in [0.4, 0.5) is 0 Å². The Labute approximate surface area is 146 Å². The summed E-state index contributed by atoms with van der Waals surface area (Å²) < 4.78 is 36.9. The van der Waals surface area contributed by atoms with Crippen LogP contribution in [0, 0.1) is 6.92 Å². The van der Waals surface area contributed by atoms with Gasteiger partial charge < -0.3 is 9.47 Å². The molecule has 0 bridgehead atoms. The van der Waals surface area contributed by atoms with Gasteiger partial charge in [0.1, 0.15) is 10.6 Å². The summed E-state index contributed by atoms with van der Waals surface area (Å²) in [6.45, 7) is 1.90. The predicted molar refractivity (Wildman–Crippen MR) is 93.9 cm³/mol. The highest BCUT2D eigenvalue weighted by molar-refractivity contribution is 7.91. The maximum atomic E-state index is 13.0. The lowest BCUT2D eigenvalue weighted by Gasteiger charge is -2.13. The molecular formula is C19H17NO4S. The molecule has 6 heteroatoms. The van der Waals surface area contributed by atoms with Gasteiger partial charge in [-0.25, -0.2) is 13.4 Å². The number of benzene rings is 2. The third kappa shape index (κ3) is 3.64. The largest absolute Gasteiger partial charge is 0.497 e. The number of rotatable bonds is 5. The van der Waals surface area contributed by atoms with Crippen molar-refractivity contribution in [3.8, 4) is 17.4 Å². The van der Waals surface area contributed by atoms with Crippen molar-refractivity contribution in [1.29, 1.82) is 0 Å². The standard InChI is InChI=1S/C19H17NO4S/c1-14-6-9-16(10-7-14)25(21,22)18-11-8-15(23-2)13-17(18)24-19-5-3-4-12-20-19/h3-13H,1-2H3. The van der Waals surface area contributed by atoms with Gasteiger partial charge in [-0.1, -0.05) is 23.8 Å². The van der Waals surface area contributed by atoms with Crippen LogP contribution < -0.4 is 9.47 Å². The smallest absolute Gasteiger partial charge is 0.219 e. The molecule has 2 aromatic carbocycles. The van der Waals surface area contributed by atoms with Gasteiger partial charge in [0.05, 0.1) is 12.0 Å². The molecule has 5 nitrogen and oxygen atoms in total. The topological polar surface area (TPSA) is 65.5 Å². The van der Waals surface area contributed by atoms with Crippen LogP contribution >= 0.6 is 0 Å². The summed E-state index contributed by atoms with van der Waals surface area (Å²) in [5.41, 5.74) is 0.985. The Bertz CT molecular complexity index is 968. The maximum Gasteiger partial charge on any atom is 0.219 e. The first-order valence-electron chi connectivity index (χ1n) is 7.59. The first kappa shape index (κ1) is 17.0. The van der Waals surface area contributed by atoms with Crippen molar-refractivity contribution in [2.75, 3.05) is 7.11 Å². The quantitative estimate of drug-likeness (QED) is 0.691. The van der Waals surface area contributed by atoms with Gasteiger partial charge in [-0.15, -0.1) is 0 Å². The van der Waals surface area contributed by atoms with Crippen molar-refractivity contribution in [2.45, 2.75) is 16.7 Å². The lowest BCUT2D eigenvalue weighted by molar-refractivity contribution is 0.404. The molecule has 0 unspecified atom stereocenters. The molecule has 0 saturated heterocycles. The molecule has 0 saturated carbocycles. The second-order valence-corrected chi connectivity index (χ2v) is 7.32. The van der Waals surface area contributed by atoms with Crippen LogP contribution in [0.3, 0.4) is 0 Å². The van der Waals surface area contributed by atoms with Gasteiger partial charge in [-0.2, -0.15) is 0 Å². The fourth-order valence-electron chi connectivity index (χ4n) is 2.28. The van der Waals surface area contributed by atoms with E-state index in [9.17, 15) is 8.42 Å². The number of sulfone groups is 1. The van der Waals surface area contributed by atoms with Crippen LogP contribution in [0.1, 0.15) is 5.56 Å². The highest BCUT2D eigenvalue weighted by Gasteiger charge is 2.23. The number of nitrogens with zero attached hydrogens (tertiary/aromatic N) is 1. The molecule has 0 aliphatic heterocycles. The van der Waals surface area contributed by atoms with Crippen LogP contribution in [-0.4, -0.2) is 20.5 Å². The van der Waals surface area contributed by atoms with Crippen molar-refractivity contribution in [1.82, 2.24) is 4.98 Å². The van der Waals surface area contributed by atoms with Gasteiger partial charge in [0.25, 0.3) is 0 Å². The minimum Gasteiger partial charge on any atom is -0.497 e. The normalized spacial score (nSPS) is 11.1. The molecule has 0 fully saturated rings. The van der Waals surface area contributed by atoms with Crippen LogP contribution in [0.15, 0.2) is 76.7 Å². The number of pyridine rings is 1. The Kier molecular flexibility index (Phi) is 4.72. The second kappa shape index (κ2) is 6.94. The highest BCUT2D eigenvalue weighted by atomic mass is 32.2. The van der Waals surface area contributed by atoms with E-state index in [0.29, 0.717) is 11.6 Å². The van der Waals surface area contributed by atoms with E-state index in [0.717, 1.165) is 5.56 Å². The summed E-state index contributed by atoms with van der Waals surface area (Å²) in [5, 5.41) is 0. The third-order valence-corrected chi connectivity index (χ3v) is 5.43. The zero-order valence-electron chi connectivity index (χ0n) is 13.8. The molecular weight excluding hydrogens is 338 g/mol. The van der Waals surface area contributed by atoms with Crippen molar-refractivity contribution in [3.63, 3.8) is 0 Å². The maximum absolute atomic E-state index is 13.0. The van der Waals surface area contributed by atoms with Gasteiger partial charge in [0, 0.05) is 18.3 Å². The Hall–Kier alpha value is -2.86. The average molecular weight is 355 g/mol. The second-order valence-electron chi connectivity index (χ2n) is 5.40. The van der Waals surface area contributed by atoms with E-state index in [2.05, 4.69) is 4.98 Å². The van der Waals surface area contributed by atoms with E-state index in [4.69, 9.17) is 9.47 Å². The lowest BCUT2D eigenvalue weighted by atomic mass is 10.2. The monoisotopic (exact) mass is 355 g/mol. The molecule has 0 amide bonds. The molecule has 0 radical (unpaired) electrons. The van der Waals surface area contributed by atoms with E-state index in [1.165, 1.54) is 19.2 Å². The lowest BCUT2D eigenvalue weighted by Crippen LogP contribution is -2.05. The highest BCUT2D eigenvalue weighted by Crippen LogP contribution is 2.35. The summed E-state index contributed by atoms with van der Waals surface area (Å²) in [6, 6.07) is 16.5. The number of aromatic nitrogens is 1. The Morgan fingerprint density at radius 3 is 2.36 bits per heavy atom. The molecule has 1 aromatic heterocycles. The molecule has 128 valence electrons. The zero-order chi connectivity index (χ0) is 17.9. The van der Waals surface area contributed by atoms with E-state index >= 15 is 0 Å². The first-order chi connectivity index (χ1) is 12.0. The van der Waals surface area contributed by atoms with Crippen LogP contribution in [0.2, 0.25) is 0 Å². The fourth-order valence-corrected chi connectivity index (χ4v) is 3.64. The minimum atomic E-state index is -3.74. The number of hydrogen-bond donors (Lipinski definition) is 0. The van der Waals surface area contributed by atoms with E-state index in [1.807, 2.05) is 6.92 Å². The molecule has 0 N–H and O–H groups in total. The van der Waals surface area contributed by atoms with Crippen LogP contribution in [0.25, 0.3) is 0 Å². The van der Waals surface area contributed by atoms with Crippen LogP contribution in [-0.2, 0) is 9.84 Å². The van der Waals surface area contributed by atoms with Gasteiger partial charge >= 0.3 is 0 Å². The van der Waals surface area contributed by atoms with Gasteiger partial charge in [0.15, 0.2) is 5.75 Å². The van der Waals surface area contributed by atoms with E-state index in [1.54, 1.807) is 54.7 Å². The number of aryl methyl sites for hydroxylation is 1. The predicted octanol–water partition coefficient (Wildman–Crippen LogP) is 4.02. The number of methoxy groups -OCH3 is 1. The van der Waals surface area contributed by atoms with Gasteiger partial charge in [0.2, 0.25) is 15.7 Å². The summed E-state index contributed by atoms with van der Waals surface area (Å²) in [7, 11) is -2.23. The van der Waals surface area contributed by atoms with E-state index < -0.39 is 9.84 Å². The molecule has 3 aromatic rings. The molecule has 0 spiro atoms. The number of hydrogen-bond acceptors (Lipinski definition) is 5. The third-order valence-electron chi connectivity index (χ3n) is 3.62. The SMILES string of the molecule is COc1ccc(S(=O)(=O)c2ccc(C)cc2)c(Oc2ccccn2)c1. The molecule has 0 atom stereocenters. The van der Waals surface area contributed by atoms with Crippen molar-refractivity contribution >= 4 is 9.84 Å². The van der Waals surface area contributed by atoms with Crippen molar-refractivity contribution in [3.05, 3.63) is 72.4 Å². The molecule has 1 heterocycles. The Morgan fingerprint density at radius 2 is 1.72 bits per heavy atom.